The van der Waals surface area contributed by atoms with Crippen molar-refractivity contribution in [3.05, 3.63) is 89.8 Å². The first kappa shape index (κ1) is 18.0. The maximum Gasteiger partial charge on any atom is 0.289 e. The molecule has 0 atom stereocenters. The number of hydrogen-bond acceptors (Lipinski definition) is 5. The van der Waals surface area contributed by atoms with E-state index in [9.17, 15) is 0 Å². The minimum atomic E-state index is 0.303. The van der Waals surface area contributed by atoms with Crippen molar-refractivity contribution in [3.8, 4) is 17.2 Å². The number of benzene rings is 3. The molecule has 0 spiro atoms. The molecule has 0 aliphatic carbocycles. The zero-order valence-electron chi connectivity index (χ0n) is 15.4. The summed E-state index contributed by atoms with van der Waals surface area (Å²) in [4.78, 5) is 2.43. The summed E-state index contributed by atoms with van der Waals surface area (Å²) in [6.45, 7) is 0.422. The largest absolute Gasteiger partial charge is 0.496 e. The molecular weight excluding hydrogens is 370 g/mol. The van der Waals surface area contributed by atoms with Crippen LogP contribution in [0.15, 0.2) is 89.3 Å². The van der Waals surface area contributed by atoms with Gasteiger partial charge in [0.1, 0.15) is 12.4 Å². The first-order chi connectivity index (χ1) is 13.8. The average molecular weight is 389 g/mol. The van der Waals surface area contributed by atoms with Gasteiger partial charge in [0.2, 0.25) is 0 Å². The van der Waals surface area contributed by atoms with Crippen LogP contribution in [0.2, 0.25) is 0 Å². The van der Waals surface area contributed by atoms with E-state index in [0.29, 0.717) is 23.1 Å². The van der Waals surface area contributed by atoms with Crippen LogP contribution in [0, 0.1) is 4.84 Å². The van der Waals surface area contributed by atoms with Crippen LogP contribution in [0.3, 0.4) is 0 Å². The van der Waals surface area contributed by atoms with Gasteiger partial charge in [0.15, 0.2) is 0 Å². The number of hydrogen-bond donors (Lipinski definition) is 0. The summed E-state index contributed by atoms with van der Waals surface area (Å²) in [5, 5.41) is 4.60. The molecule has 0 radical (unpaired) electrons. The molecule has 1 heterocycles. The van der Waals surface area contributed by atoms with Crippen molar-refractivity contribution in [2.45, 2.75) is 6.67 Å². The molecule has 0 bridgehead atoms. The highest BCUT2D eigenvalue weighted by Crippen LogP contribution is 2.30. The molecule has 0 fully saturated rings. The molecule has 0 aliphatic heterocycles. The fraction of sp³-hybridized carbons (Fsp3) is 0.0909. The predicted octanol–water partition coefficient (Wildman–Crippen LogP) is 5.68. The normalized spacial score (nSPS) is 10.6. The summed E-state index contributed by atoms with van der Waals surface area (Å²) < 4.78 is 12.9. The molecule has 0 amide bonds. The number of para-hydroxylation sites is 3. The molecule has 6 heteroatoms. The Morgan fingerprint density at radius 2 is 1.46 bits per heavy atom. The van der Waals surface area contributed by atoms with Crippen LogP contribution < -0.4 is 9.64 Å². The minimum Gasteiger partial charge on any atom is -0.496 e. The van der Waals surface area contributed by atoms with Crippen LogP contribution in [-0.2, 0) is 6.67 Å². The van der Waals surface area contributed by atoms with Gasteiger partial charge in [-0.1, -0.05) is 48.5 Å². The van der Waals surface area contributed by atoms with Gasteiger partial charge < -0.3 is 14.1 Å². The van der Waals surface area contributed by atoms with Gasteiger partial charge >= 0.3 is 0 Å². The molecule has 5 nitrogen and oxygen atoms in total. The van der Waals surface area contributed by atoms with Crippen molar-refractivity contribution in [1.82, 2.24) is 9.78 Å². The number of methoxy groups -OCH3 is 1. The summed E-state index contributed by atoms with van der Waals surface area (Å²) in [6, 6.07) is 27.8. The highest BCUT2D eigenvalue weighted by atomic mass is 32.1. The predicted molar refractivity (Wildman–Crippen MR) is 112 cm³/mol. The molecule has 0 N–H and O–H groups in total. The number of nitrogens with zero attached hydrogens (tertiary/aromatic N) is 3. The average Bonchev–Trinajstić information content (AvgIpc) is 3.13. The Balaban J connectivity index is 1.72. The highest BCUT2D eigenvalue weighted by Gasteiger charge is 2.16. The monoisotopic (exact) mass is 389 g/mol. The van der Waals surface area contributed by atoms with Gasteiger partial charge in [0.05, 0.1) is 12.7 Å². The third-order valence-corrected chi connectivity index (χ3v) is 4.65. The lowest BCUT2D eigenvalue weighted by Gasteiger charge is -2.24. The lowest BCUT2D eigenvalue weighted by atomic mass is 10.2. The lowest BCUT2D eigenvalue weighted by Crippen LogP contribution is -2.22. The molecule has 1 aromatic heterocycles. The molecule has 0 aliphatic rings. The van der Waals surface area contributed by atoms with Crippen LogP contribution >= 0.6 is 12.2 Å². The van der Waals surface area contributed by atoms with E-state index >= 15 is 0 Å². The van der Waals surface area contributed by atoms with Gasteiger partial charge in [-0.15, -0.1) is 5.10 Å². The fourth-order valence-electron chi connectivity index (χ4n) is 2.99. The summed E-state index contributed by atoms with van der Waals surface area (Å²) in [6.07, 6.45) is 0. The van der Waals surface area contributed by atoms with E-state index in [-0.39, 0.29) is 0 Å². The second-order valence-electron chi connectivity index (χ2n) is 6.11. The van der Waals surface area contributed by atoms with Crippen LogP contribution in [0.5, 0.6) is 5.75 Å². The number of anilines is 2. The van der Waals surface area contributed by atoms with Crippen molar-refractivity contribution in [2.24, 2.45) is 0 Å². The first-order valence-electron chi connectivity index (χ1n) is 8.85. The summed E-state index contributed by atoms with van der Waals surface area (Å²) in [7, 11) is 1.62. The van der Waals surface area contributed by atoms with Crippen molar-refractivity contribution in [2.75, 3.05) is 12.0 Å². The van der Waals surface area contributed by atoms with E-state index in [1.165, 1.54) is 0 Å². The van der Waals surface area contributed by atoms with Crippen LogP contribution in [0.4, 0.5) is 11.4 Å². The maximum atomic E-state index is 5.78. The zero-order chi connectivity index (χ0) is 19.3. The second kappa shape index (κ2) is 8.10. The van der Waals surface area contributed by atoms with E-state index in [1.807, 2.05) is 60.7 Å². The van der Waals surface area contributed by atoms with Crippen molar-refractivity contribution >= 4 is 23.6 Å². The van der Waals surface area contributed by atoms with E-state index in [4.69, 9.17) is 21.4 Å². The van der Waals surface area contributed by atoms with Gasteiger partial charge in [-0.25, -0.2) is 0 Å². The van der Waals surface area contributed by atoms with Crippen LogP contribution in [0.25, 0.3) is 11.5 Å². The van der Waals surface area contributed by atoms with E-state index in [1.54, 1.807) is 11.8 Å². The van der Waals surface area contributed by atoms with Crippen LogP contribution in [-0.4, -0.2) is 16.9 Å². The fourth-order valence-corrected chi connectivity index (χ4v) is 3.17. The molecule has 0 unspecified atom stereocenters. The Morgan fingerprint density at radius 3 is 2.07 bits per heavy atom. The molecule has 28 heavy (non-hydrogen) atoms. The molecule has 4 rings (SSSR count). The lowest BCUT2D eigenvalue weighted by molar-refractivity contribution is 0.414. The molecule has 3 aromatic carbocycles. The molecule has 0 saturated carbocycles. The van der Waals surface area contributed by atoms with E-state index in [2.05, 4.69) is 34.3 Å². The molecule has 140 valence electrons. The highest BCUT2D eigenvalue weighted by molar-refractivity contribution is 7.71. The Labute approximate surface area is 168 Å². The number of rotatable bonds is 6. The van der Waals surface area contributed by atoms with Crippen LogP contribution in [0.1, 0.15) is 0 Å². The number of ether oxygens (including phenoxy) is 1. The zero-order valence-corrected chi connectivity index (χ0v) is 16.2. The quantitative estimate of drug-likeness (QED) is 0.397. The van der Waals surface area contributed by atoms with Gasteiger partial charge in [-0.05, 0) is 48.6 Å². The smallest absolute Gasteiger partial charge is 0.289 e. The standard InChI is InChI=1S/C22H19N3O2S/c1-26-20-15-9-8-14-19(20)21-23-25(22(28)27-21)16-24(17-10-4-2-5-11-17)18-12-6-3-7-13-18/h2-15H,16H2,1H3. The Kier molecular flexibility index (Phi) is 5.21. The summed E-state index contributed by atoms with van der Waals surface area (Å²) in [5.74, 6) is 1.12. The molecular formula is C22H19N3O2S. The third kappa shape index (κ3) is 3.68. The first-order valence-corrected chi connectivity index (χ1v) is 9.26. The van der Waals surface area contributed by atoms with Crippen molar-refractivity contribution in [3.63, 3.8) is 0 Å². The van der Waals surface area contributed by atoms with Crippen molar-refractivity contribution < 1.29 is 9.15 Å². The van der Waals surface area contributed by atoms with Gasteiger partial charge in [0.25, 0.3) is 10.7 Å². The van der Waals surface area contributed by atoms with Crippen molar-refractivity contribution in [1.29, 1.82) is 0 Å². The number of aromatic nitrogens is 2. The van der Waals surface area contributed by atoms with Gasteiger partial charge in [0, 0.05) is 11.4 Å². The van der Waals surface area contributed by atoms with Gasteiger partial charge in [-0.3, -0.25) is 0 Å². The summed E-state index contributed by atoms with van der Waals surface area (Å²) >= 11 is 5.44. The summed E-state index contributed by atoms with van der Waals surface area (Å²) in [5.41, 5.74) is 2.84. The SMILES string of the molecule is COc1ccccc1-c1nn(CN(c2ccccc2)c2ccccc2)c(=S)o1. The molecule has 0 saturated heterocycles. The topological polar surface area (TPSA) is 43.4 Å². The Morgan fingerprint density at radius 1 is 0.893 bits per heavy atom. The van der Waals surface area contributed by atoms with Gasteiger partial charge in [-0.2, -0.15) is 4.68 Å². The Hall–Kier alpha value is -3.38. The third-order valence-electron chi connectivity index (χ3n) is 4.35. The van der Waals surface area contributed by atoms with E-state index in [0.717, 1.165) is 16.9 Å². The Bertz CT molecular complexity index is 1070. The second-order valence-corrected chi connectivity index (χ2v) is 6.46. The van der Waals surface area contributed by atoms with E-state index < -0.39 is 0 Å². The minimum absolute atomic E-state index is 0.303. The maximum absolute atomic E-state index is 5.78. The molecule has 4 aromatic rings.